The first-order valence-electron chi connectivity index (χ1n) is 8.88. The summed E-state index contributed by atoms with van der Waals surface area (Å²) < 4.78 is 11.8. The molecule has 0 saturated carbocycles. The Bertz CT molecular complexity index is 1200. The maximum atomic E-state index is 12.5. The number of H-pyrrole nitrogens is 1. The van der Waals surface area contributed by atoms with Gasteiger partial charge in [0.25, 0.3) is 5.56 Å². The molecule has 0 amide bonds. The summed E-state index contributed by atoms with van der Waals surface area (Å²) in [4.78, 5) is 31.2. The minimum Gasteiger partial charge on any atom is -0.506 e. The van der Waals surface area contributed by atoms with Gasteiger partial charge < -0.3 is 19.7 Å². The van der Waals surface area contributed by atoms with Crippen molar-refractivity contribution in [3.63, 3.8) is 0 Å². The maximum Gasteiger partial charge on any atom is 0.331 e. The Hall–Kier alpha value is -3.59. The number of aromatic hydroxyl groups is 2. The van der Waals surface area contributed by atoms with Crippen LogP contribution in [-0.4, -0.2) is 31.9 Å². The quantitative estimate of drug-likeness (QED) is 0.606. The summed E-state index contributed by atoms with van der Waals surface area (Å²) in [6.45, 7) is 1.77. The third-order valence-electron chi connectivity index (χ3n) is 4.99. The summed E-state index contributed by atoms with van der Waals surface area (Å²) in [6.07, 6.45) is 0.543. The molecule has 150 valence electrons. The molecule has 9 heteroatoms. The number of fused-ring (bicyclic) bond motifs is 1. The summed E-state index contributed by atoms with van der Waals surface area (Å²) >= 11 is 0. The number of aromatic nitrogens is 3. The second-order valence-electron chi connectivity index (χ2n) is 6.75. The van der Waals surface area contributed by atoms with Crippen molar-refractivity contribution in [2.24, 2.45) is 0 Å². The number of aryl methyl sites for hydroxylation is 1. The third kappa shape index (κ3) is 3.15. The van der Waals surface area contributed by atoms with Crippen molar-refractivity contribution < 1.29 is 19.7 Å². The van der Waals surface area contributed by atoms with Gasteiger partial charge in [-0.2, -0.15) is 0 Å². The van der Waals surface area contributed by atoms with Crippen molar-refractivity contribution in [3.05, 3.63) is 79.2 Å². The highest BCUT2D eigenvalue weighted by Gasteiger charge is 2.34. The summed E-state index contributed by atoms with van der Waals surface area (Å²) in [5, 5.41) is 21.2. The molecule has 0 fully saturated rings. The normalized spacial score (nSPS) is 15.3. The molecule has 0 saturated heterocycles. The van der Waals surface area contributed by atoms with E-state index in [1.165, 1.54) is 0 Å². The molecule has 3 N–H and O–H groups in total. The zero-order valence-corrected chi connectivity index (χ0v) is 15.8. The number of nitrogens with one attached hydrogen (secondary N) is 1. The number of aromatic amines is 1. The minimum atomic E-state index is -1.02. The molecule has 1 atom stereocenters. The number of nitrogens with zero attached hydrogens (tertiary/aromatic N) is 2. The van der Waals surface area contributed by atoms with Crippen molar-refractivity contribution in [3.8, 4) is 17.4 Å². The van der Waals surface area contributed by atoms with Gasteiger partial charge in [-0.05, 0) is 24.6 Å². The molecule has 3 aromatic rings. The molecule has 0 radical (unpaired) electrons. The van der Waals surface area contributed by atoms with Gasteiger partial charge in [0.2, 0.25) is 5.88 Å². The van der Waals surface area contributed by atoms with Gasteiger partial charge in [0.15, 0.2) is 0 Å². The Morgan fingerprint density at radius 2 is 1.97 bits per heavy atom. The monoisotopic (exact) mass is 397 g/mol. The van der Waals surface area contributed by atoms with Crippen molar-refractivity contribution in [2.75, 3.05) is 7.11 Å². The number of pyridine rings is 1. The van der Waals surface area contributed by atoms with Crippen molar-refractivity contribution in [1.82, 2.24) is 14.5 Å². The van der Waals surface area contributed by atoms with E-state index in [0.717, 1.165) is 10.1 Å². The molecule has 1 aliphatic heterocycles. The van der Waals surface area contributed by atoms with E-state index in [1.807, 2.05) is 0 Å². The number of hydrogen-bond donors (Lipinski definition) is 3. The smallest absolute Gasteiger partial charge is 0.331 e. The number of methoxy groups -OCH3 is 1. The number of ether oxygens (including phenoxy) is 2. The first kappa shape index (κ1) is 18.8. The van der Waals surface area contributed by atoms with E-state index < -0.39 is 23.2 Å². The number of benzene rings is 1. The number of hydrogen-bond acceptors (Lipinski definition) is 7. The second kappa shape index (κ2) is 7.10. The fraction of sp³-hybridized carbons (Fsp3) is 0.250. The Morgan fingerprint density at radius 3 is 2.66 bits per heavy atom. The van der Waals surface area contributed by atoms with Crippen molar-refractivity contribution in [1.29, 1.82) is 0 Å². The van der Waals surface area contributed by atoms with Crippen LogP contribution in [0.3, 0.4) is 0 Å². The molecule has 2 aromatic heterocycles. The average Bonchev–Trinajstić information content (AvgIpc) is 3.13. The van der Waals surface area contributed by atoms with Crippen LogP contribution in [0.1, 0.15) is 34.1 Å². The van der Waals surface area contributed by atoms with Crippen LogP contribution in [0.5, 0.6) is 17.4 Å². The first-order valence-corrected chi connectivity index (χ1v) is 8.88. The minimum absolute atomic E-state index is 0.0272. The van der Waals surface area contributed by atoms with Gasteiger partial charge in [-0.15, -0.1) is 0 Å². The molecule has 3 heterocycles. The molecule has 29 heavy (non-hydrogen) atoms. The Labute approximate surface area is 164 Å². The Morgan fingerprint density at radius 1 is 1.24 bits per heavy atom. The van der Waals surface area contributed by atoms with Crippen LogP contribution in [0, 0.1) is 6.92 Å². The predicted octanol–water partition coefficient (Wildman–Crippen LogP) is 1.33. The van der Waals surface area contributed by atoms with Crippen LogP contribution in [0.15, 0.2) is 40.1 Å². The van der Waals surface area contributed by atoms with Crippen molar-refractivity contribution in [2.45, 2.75) is 26.2 Å². The van der Waals surface area contributed by atoms with Crippen LogP contribution in [0.2, 0.25) is 0 Å². The molecule has 0 aliphatic carbocycles. The van der Waals surface area contributed by atoms with E-state index >= 15 is 0 Å². The van der Waals surface area contributed by atoms with Crippen LogP contribution in [0.25, 0.3) is 0 Å². The highest BCUT2D eigenvalue weighted by molar-refractivity contribution is 5.49. The summed E-state index contributed by atoms with van der Waals surface area (Å²) in [5.74, 6) is 0.0425. The average molecular weight is 397 g/mol. The second-order valence-corrected chi connectivity index (χ2v) is 6.75. The lowest BCUT2D eigenvalue weighted by molar-refractivity contribution is 0.0888. The van der Waals surface area contributed by atoms with E-state index in [-0.39, 0.29) is 24.5 Å². The van der Waals surface area contributed by atoms with Crippen LogP contribution >= 0.6 is 0 Å². The van der Waals surface area contributed by atoms with Gasteiger partial charge in [0, 0.05) is 17.3 Å². The molecule has 0 bridgehead atoms. The van der Waals surface area contributed by atoms with E-state index in [1.54, 1.807) is 44.5 Å². The van der Waals surface area contributed by atoms with Crippen LogP contribution in [-0.2, 0) is 17.9 Å². The zero-order chi connectivity index (χ0) is 20.7. The lowest BCUT2D eigenvalue weighted by atomic mass is 10.00. The van der Waals surface area contributed by atoms with E-state index in [0.29, 0.717) is 22.6 Å². The molecular formula is C20H19N3O6. The molecule has 4 rings (SSSR count). The largest absolute Gasteiger partial charge is 0.506 e. The summed E-state index contributed by atoms with van der Waals surface area (Å²) in [5.41, 5.74) is 0.416. The van der Waals surface area contributed by atoms with Crippen LogP contribution in [0.4, 0.5) is 0 Å². The van der Waals surface area contributed by atoms with E-state index in [4.69, 9.17) is 9.47 Å². The van der Waals surface area contributed by atoms with Gasteiger partial charge in [0.1, 0.15) is 23.2 Å². The third-order valence-corrected chi connectivity index (χ3v) is 4.99. The SMILES string of the molecule is COc1ccc(Cn2c(O)c([C@H]3OCc4cnc(C)c(O)c43)c(=O)[nH]c2=O)cc1. The van der Waals surface area contributed by atoms with Gasteiger partial charge in [-0.25, -0.2) is 4.79 Å². The standard InChI is InChI=1S/C20H19N3O6/c1-10-16(24)14-12(7-21-10)9-29-17(14)15-18(25)22-20(27)23(19(15)26)8-11-3-5-13(28-2)6-4-11/h3-7,17,24,26H,8-9H2,1-2H3,(H,22,25,27)/t17-/m0/s1. The van der Waals surface area contributed by atoms with Crippen molar-refractivity contribution >= 4 is 0 Å². The van der Waals surface area contributed by atoms with Gasteiger partial charge >= 0.3 is 5.69 Å². The number of rotatable bonds is 4. The Balaban J connectivity index is 1.81. The van der Waals surface area contributed by atoms with E-state index in [9.17, 15) is 19.8 Å². The molecule has 9 nitrogen and oxygen atoms in total. The van der Waals surface area contributed by atoms with Crippen LogP contribution < -0.4 is 16.0 Å². The topological polar surface area (TPSA) is 127 Å². The fourth-order valence-corrected chi connectivity index (χ4v) is 3.42. The fourth-order valence-electron chi connectivity index (χ4n) is 3.42. The molecule has 0 unspecified atom stereocenters. The molecule has 1 aliphatic rings. The lowest BCUT2D eigenvalue weighted by Gasteiger charge is -2.17. The van der Waals surface area contributed by atoms with Gasteiger partial charge in [0.05, 0.1) is 26.0 Å². The molecule has 0 spiro atoms. The Kier molecular flexibility index (Phi) is 4.59. The highest BCUT2D eigenvalue weighted by Crippen LogP contribution is 2.42. The first-order chi connectivity index (χ1) is 13.9. The van der Waals surface area contributed by atoms with Gasteiger partial charge in [-0.3, -0.25) is 19.3 Å². The molecule has 1 aromatic carbocycles. The predicted molar refractivity (Wildman–Crippen MR) is 102 cm³/mol. The highest BCUT2D eigenvalue weighted by atomic mass is 16.5. The summed E-state index contributed by atoms with van der Waals surface area (Å²) in [7, 11) is 1.55. The van der Waals surface area contributed by atoms with E-state index in [2.05, 4.69) is 9.97 Å². The maximum absolute atomic E-state index is 12.5. The molecular weight excluding hydrogens is 378 g/mol. The van der Waals surface area contributed by atoms with Gasteiger partial charge in [-0.1, -0.05) is 12.1 Å². The lowest BCUT2D eigenvalue weighted by Crippen LogP contribution is -2.33. The summed E-state index contributed by atoms with van der Waals surface area (Å²) in [6, 6.07) is 6.96. The zero-order valence-electron chi connectivity index (χ0n) is 15.8.